The van der Waals surface area contributed by atoms with Gasteiger partial charge in [-0.15, -0.1) is 11.3 Å². The maximum atomic E-state index is 12.8. The number of rotatable bonds is 6. The zero-order chi connectivity index (χ0) is 15.5. The van der Waals surface area contributed by atoms with Crippen molar-refractivity contribution >= 4 is 21.4 Å². The Balaban J connectivity index is 2.39. The van der Waals surface area contributed by atoms with Crippen molar-refractivity contribution in [3.05, 3.63) is 51.7 Å². The van der Waals surface area contributed by atoms with Crippen LogP contribution in [0.4, 0.5) is 0 Å². The third-order valence-corrected chi connectivity index (χ3v) is 6.24. The van der Waals surface area contributed by atoms with E-state index in [0.29, 0.717) is 24.2 Å². The van der Waals surface area contributed by atoms with Gasteiger partial charge in [-0.05, 0) is 35.6 Å². The van der Waals surface area contributed by atoms with Crippen molar-refractivity contribution in [1.82, 2.24) is 4.31 Å². The molecule has 1 aromatic carbocycles. The average molecular weight is 325 g/mol. The molecule has 2 rings (SSSR count). The van der Waals surface area contributed by atoms with Crippen molar-refractivity contribution < 1.29 is 13.5 Å². The van der Waals surface area contributed by atoms with Crippen molar-refractivity contribution in [2.75, 3.05) is 6.54 Å². The Morgan fingerprint density at radius 3 is 2.62 bits per heavy atom. The van der Waals surface area contributed by atoms with Gasteiger partial charge in [-0.3, -0.25) is 0 Å². The Bertz CT molecular complexity index is 694. The predicted molar refractivity (Wildman–Crippen MR) is 84.7 cm³/mol. The van der Waals surface area contributed by atoms with Crippen LogP contribution in [-0.4, -0.2) is 24.4 Å². The van der Waals surface area contributed by atoms with Gasteiger partial charge in [-0.1, -0.05) is 25.1 Å². The minimum atomic E-state index is -3.56. The van der Waals surface area contributed by atoms with E-state index in [1.54, 1.807) is 36.5 Å². The summed E-state index contributed by atoms with van der Waals surface area (Å²) in [5.41, 5.74) is 1.29. The monoisotopic (exact) mass is 325 g/mol. The Hall–Kier alpha value is -1.21. The smallest absolute Gasteiger partial charge is 0.243 e. The molecule has 0 aliphatic carbocycles. The largest absolute Gasteiger partial charge is 0.392 e. The van der Waals surface area contributed by atoms with Gasteiger partial charge in [0.15, 0.2) is 0 Å². The number of aliphatic hydroxyl groups excluding tert-OH is 1. The van der Waals surface area contributed by atoms with E-state index in [9.17, 15) is 13.5 Å². The highest BCUT2D eigenvalue weighted by atomic mass is 32.2. The molecular formula is C15H19NO3S2. The van der Waals surface area contributed by atoms with Crippen LogP contribution in [0.15, 0.2) is 40.6 Å². The first-order valence-corrected chi connectivity index (χ1v) is 9.04. The maximum absolute atomic E-state index is 12.8. The molecular weight excluding hydrogens is 306 g/mol. The fourth-order valence-electron chi connectivity index (χ4n) is 2.10. The highest BCUT2D eigenvalue weighted by Crippen LogP contribution is 2.24. The van der Waals surface area contributed by atoms with Crippen LogP contribution in [0.3, 0.4) is 0 Å². The standard InChI is InChI=1S/C15H19NO3S2/c1-3-16(10-14-5-4-8-20-14)21(18,19)15-9-13(11-17)7-6-12(15)2/h4-9,17H,3,10-11H2,1-2H3. The lowest BCUT2D eigenvalue weighted by molar-refractivity contribution is 0.281. The van der Waals surface area contributed by atoms with E-state index in [0.717, 1.165) is 4.88 Å². The Labute approximate surface area is 129 Å². The first kappa shape index (κ1) is 16.2. The maximum Gasteiger partial charge on any atom is 0.243 e. The molecule has 1 heterocycles. The summed E-state index contributed by atoms with van der Waals surface area (Å²) in [5.74, 6) is 0. The summed E-state index contributed by atoms with van der Waals surface area (Å²) in [6, 6.07) is 8.88. The first-order chi connectivity index (χ1) is 9.98. The Morgan fingerprint density at radius 2 is 2.05 bits per heavy atom. The molecule has 6 heteroatoms. The molecule has 0 unspecified atom stereocenters. The van der Waals surface area contributed by atoms with E-state index >= 15 is 0 Å². The molecule has 0 spiro atoms. The van der Waals surface area contributed by atoms with E-state index in [4.69, 9.17) is 0 Å². The second-order valence-corrected chi connectivity index (χ2v) is 7.71. The van der Waals surface area contributed by atoms with Crippen LogP contribution >= 0.6 is 11.3 Å². The Morgan fingerprint density at radius 1 is 1.29 bits per heavy atom. The fraction of sp³-hybridized carbons (Fsp3) is 0.333. The Kier molecular flexibility index (Phi) is 5.16. The number of aryl methyl sites for hydroxylation is 1. The zero-order valence-electron chi connectivity index (χ0n) is 12.1. The number of sulfonamides is 1. The number of benzene rings is 1. The van der Waals surface area contributed by atoms with Crippen LogP contribution in [0.5, 0.6) is 0 Å². The molecule has 0 aliphatic rings. The summed E-state index contributed by atoms with van der Waals surface area (Å²) in [7, 11) is -3.56. The van der Waals surface area contributed by atoms with E-state index < -0.39 is 10.0 Å². The summed E-state index contributed by atoms with van der Waals surface area (Å²) in [6.45, 7) is 4.21. The summed E-state index contributed by atoms with van der Waals surface area (Å²) >= 11 is 1.54. The van der Waals surface area contributed by atoms with E-state index in [1.165, 1.54) is 4.31 Å². The molecule has 0 aliphatic heterocycles. The molecule has 21 heavy (non-hydrogen) atoms. The molecule has 4 nitrogen and oxygen atoms in total. The van der Waals surface area contributed by atoms with Gasteiger partial charge in [-0.25, -0.2) is 8.42 Å². The number of hydrogen-bond acceptors (Lipinski definition) is 4. The predicted octanol–water partition coefficient (Wildman–Crippen LogP) is 2.76. The van der Waals surface area contributed by atoms with E-state index in [-0.39, 0.29) is 11.5 Å². The zero-order valence-corrected chi connectivity index (χ0v) is 13.7. The minimum absolute atomic E-state index is 0.167. The summed E-state index contributed by atoms with van der Waals surface area (Å²) in [6.07, 6.45) is 0. The molecule has 114 valence electrons. The van der Waals surface area contributed by atoms with Gasteiger partial charge >= 0.3 is 0 Å². The van der Waals surface area contributed by atoms with Crippen LogP contribution in [-0.2, 0) is 23.2 Å². The summed E-state index contributed by atoms with van der Waals surface area (Å²) in [5, 5.41) is 11.2. The average Bonchev–Trinajstić information content (AvgIpc) is 2.98. The molecule has 1 N–H and O–H groups in total. The molecule has 0 saturated heterocycles. The normalized spacial score (nSPS) is 12.0. The van der Waals surface area contributed by atoms with Crippen LogP contribution in [0, 0.1) is 6.92 Å². The van der Waals surface area contributed by atoms with Gasteiger partial charge in [0.2, 0.25) is 10.0 Å². The lowest BCUT2D eigenvalue weighted by Crippen LogP contribution is -2.30. The second-order valence-electron chi connectivity index (χ2n) is 4.77. The molecule has 0 amide bonds. The molecule has 0 atom stereocenters. The fourth-order valence-corrected chi connectivity index (χ4v) is 4.61. The van der Waals surface area contributed by atoms with E-state index in [1.807, 2.05) is 24.4 Å². The van der Waals surface area contributed by atoms with Gasteiger partial charge in [0.25, 0.3) is 0 Å². The third kappa shape index (κ3) is 3.52. The summed E-state index contributed by atoms with van der Waals surface area (Å²) < 4.78 is 27.1. The summed E-state index contributed by atoms with van der Waals surface area (Å²) in [4.78, 5) is 1.28. The van der Waals surface area contributed by atoms with Crippen molar-refractivity contribution in [3.63, 3.8) is 0 Å². The van der Waals surface area contributed by atoms with Crippen molar-refractivity contribution in [3.8, 4) is 0 Å². The molecule has 0 bridgehead atoms. The lowest BCUT2D eigenvalue weighted by Gasteiger charge is -2.21. The third-order valence-electron chi connectivity index (χ3n) is 3.32. The first-order valence-electron chi connectivity index (χ1n) is 6.72. The quantitative estimate of drug-likeness (QED) is 0.888. The van der Waals surface area contributed by atoms with Crippen LogP contribution < -0.4 is 0 Å². The topological polar surface area (TPSA) is 57.6 Å². The lowest BCUT2D eigenvalue weighted by atomic mass is 10.2. The molecule has 0 radical (unpaired) electrons. The van der Waals surface area contributed by atoms with Crippen LogP contribution in [0.1, 0.15) is 22.9 Å². The number of hydrogen-bond donors (Lipinski definition) is 1. The second kappa shape index (κ2) is 6.70. The molecule has 0 saturated carbocycles. The minimum Gasteiger partial charge on any atom is -0.392 e. The van der Waals surface area contributed by atoms with Gasteiger partial charge in [0.1, 0.15) is 0 Å². The van der Waals surface area contributed by atoms with Gasteiger partial charge in [-0.2, -0.15) is 4.31 Å². The number of aliphatic hydroxyl groups is 1. The number of thiophene rings is 1. The van der Waals surface area contributed by atoms with Crippen molar-refractivity contribution in [2.24, 2.45) is 0 Å². The molecule has 1 aromatic heterocycles. The van der Waals surface area contributed by atoms with Gasteiger partial charge in [0, 0.05) is 18.0 Å². The van der Waals surface area contributed by atoms with Crippen molar-refractivity contribution in [1.29, 1.82) is 0 Å². The van der Waals surface area contributed by atoms with Gasteiger partial charge in [0.05, 0.1) is 11.5 Å². The van der Waals surface area contributed by atoms with E-state index in [2.05, 4.69) is 0 Å². The number of nitrogens with zero attached hydrogens (tertiary/aromatic N) is 1. The highest BCUT2D eigenvalue weighted by molar-refractivity contribution is 7.89. The SMILES string of the molecule is CCN(Cc1cccs1)S(=O)(=O)c1cc(CO)ccc1C. The molecule has 2 aromatic rings. The van der Waals surface area contributed by atoms with Crippen molar-refractivity contribution in [2.45, 2.75) is 31.9 Å². The van der Waals surface area contributed by atoms with Crippen LogP contribution in [0.25, 0.3) is 0 Å². The molecule has 0 fully saturated rings. The van der Waals surface area contributed by atoms with Gasteiger partial charge < -0.3 is 5.11 Å². The van der Waals surface area contributed by atoms with Crippen LogP contribution in [0.2, 0.25) is 0 Å². The highest BCUT2D eigenvalue weighted by Gasteiger charge is 2.25.